The molecule has 3 rings (SSSR count). The average molecular weight is 274 g/mol. The van der Waals surface area contributed by atoms with E-state index < -0.39 is 5.41 Å². The molecule has 2 saturated heterocycles. The molecule has 3 N–H and O–H groups in total. The number of anilines is 1. The van der Waals surface area contributed by atoms with Gasteiger partial charge in [0.2, 0.25) is 5.91 Å². The second-order valence-electron chi connectivity index (χ2n) is 6.44. The van der Waals surface area contributed by atoms with Crippen LogP contribution in [-0.2, 0) is 14.9 Å². The summed E-state index contributed by atoms with van der Waals surface area (Å²) in [6, 6.07) is 7.70. The summed E-state index contributed by atoms with van der Waals surface area (Å²) < 4.78 is 5.79. The van der Waals surface area contributed by atoms with Crippen molar-refractivity contribution in [3.63, 3.8) is 0 Å². The molecule has 1 aromatic rings. The van der Waals surface area contributed by atoms with Crippen molar-refractivity contribution in [2.75, 3.05) is 5.73 Å². The monoisotopic (exact) mass is 274 g/mol. The lowest BCUT2D eigenvalue weighted by molar-refractivity contribution is -0.126. The van der Waals surface area contributed by atoms with Gasteiger partial charge < -0.3 is 15.8 Å². The lowest BCUT2D eigenvalue weighted by Crippen LogP contribution is -2.48. The van der Waals surface area contributed by atoms with Crippen LogP contribution in [0, 0.1) is 0 Å². The quantitative estimate of drug-likeness (QED) is 0.828. The van der Waals surface area contributed by atoms with Gasteiger partial charge in [-0.1, -0.05) is 12.1 Å². The summed E-state index contributed by atoms with van der Waals surface area (Å²) in [4.78, 5) is 12.6. The molecular weight excluding hydrogens is 252 g/mol. The zero-order chi connectivity index (χ0) is 14.3. The summed E-state index contributed by atoms with van der Waals surface area (Å²) in [6.45, 7) is 3.89. The summed E-state index contributed by atoms with van der Waals surface area (Å²) in [5, 5.41) is 3.17. The van der Waals surface area contributed by atoms with Crippen molar-refractivity contribution in [1.82, 2.24) is 5.32 Å². The third kappa shape index (κ3) is 2.29. The maximum Gasteiger partial charge on any atom is 0.230 e. The van der Waals surface area contributed by atoms with Crippen LogP contribution in [0.3, 0.4) is 0 Å². The fourth-order valence-corrected chi connectivity index (χ4v) is 3.17. The highest BCUT2D eigenvalue weighted by Crippen LogP contribution is 2.35. The van der Waals surface area contributed by atoms with E-state index in [0.29, 0.717) is 11.8 Å². The number of carbonyl (C=O) groups excluding carboxylic acids is 1. The van der Waals surface area contributed by atoms with E-state index in [4.69, 9.17) is 10.5 Å². The Bertz CT molecular complexity index is 510. The predicted octanol–water partition coefficient (Wildman–Crippen LogP) is 1.98. The smallest absolute Gasteiger partial charge is 0.230 e. The van der Waals surface area contributed by atoms with Gasteiger partial charge in [-0.3, -0.25) is 4.79 Å². The summed E-state index contributed by atoms with van der Waals surface area (Å²) in [6.07, 6.45) is 3.72. The molecule has 4 nitrogen and oxygen atoms in total. The van der Waals surface area contributed by atoms with Gasteiger partial charge in [0.25, 0.3) is 0 Å². The summed E-state index contributed by atoms with van der Waals surface area (Å²) >= 11 is 0. The molecule has 1 amide bonds. The number of fused-ring (bicyclic) bond motifs is 2. The number of nitrogens with two attached hydrogens (primary N) is 1. The van der Waals surface area contributed by atoms with Crippen LogP contribution in [0.1, 0.15) is 38.7 Å². The molecule has 0 aromatic heterocycles. The van der Waals surface area contributed by atoms with Crippen LogP contribution >= 0.6 is 0 Å². The molecule has 3 unspecified atom stereocenters. The molecule has 2 fully saturated rings. The first-order valence-corrected chi connectivity index (χ1v) is 7.29. The number of hydrogen-bond acceptors (Lipinski definition) is 3. The van der Waals surface area contributed by atoms with Gasteiger partial charge in [-0.2, -0.15) is 0 Å². The number of hydrogen-bond donors (Lipinski definition) is 2. The number of rotatable bonds is 3. The standard InChI is InChI=1S/C16H22N2O2/c1-16(2,10-3-5-11(17)6-4-10)15(19)18-13-9-12-7-8-14(13)20-12/h3-6,12-14H,7-9,17H2,1-2H3,(H,18,19). The second kappa shape index (κ2) is 4.77. The highest BCUT2D eigenvalue weighted by Gasteiger charge is 2.43. The van der Waals surface area contributed by atoms with E-state index in [0.717, 1.165) is 24.8 Å². The van der Waals surface area contributed by atoms with Crippen molar-refractivity contribution in [2.45, 2.75) is 56.8 Å². The summed E-state index contributed by atoms with van der Waals surface area (Å²) in [5.74, 6) is 0.0587. The Hall–Kier alpha value is -1.55. The maximum absolute atomic E-state index is 12.6. The Morgan fingerprint density at radius 2 is 2.00 bits per heavy atom. The molecule has 20 heavy (non-hydrogen) atoms. The van der Waals surface area contributed by atoms with Crippen molar-refractivity contribution in [3.8, 4) is 0 Å². The number of nitrogens with one attached hydrogen (secondary N) is 1. The molecule has 108 valence electrons. The van der Waals surface area contributed by atoms with Gasteiger partial charge in [-0.15, -0.1) is 0 Å². The molecule has 3 atom stereocenters. The van der Waals surface area contributed by atoms with Crippen molar-refractivity contribution in [1.29, 1.82) is 0 Å². The largest absolute Gasteiger partial charge is 0.399 e. The van der Waals surface area contributed by atoms with Crippen LogP contribution in [0.25, 0.3) is 0 Å². The topological polar surface area (TPSA) is 64.3 Å². The Labute approximate surface area is 119 Å². The average Bonchev–Trinajstić information content (AvgIpc) is 3.01. The van der Waals surface area contributed by atoms with Gasteiger partial charge in [0.05, 0.1) is 23.7 Å². The number of carbonyl (C=O) groups is 1. The normalized spacial score (nSPS) is 28.6. The van der Waals surface area contributed by atoms with E-state index >= 15 is 0 Å². The maximum atomic E-state index is 12.6. The first kappa shape index (κ1) is 13.4. The molecule has 0 spiro atoms. The van der Waals surface area contributed by atoms with Gasteiger partial charge in [-0.25, -0.2) is 0 Å². The van der Waals surface area contributed by atoms with Crippen molar-refractivity contribution < 1.29 is 9.53 Å². The first-order chi connectivity index (χ1) is 9.46. The van der Waals surface area contributed by atoms with E-state index in [-0.39, 0.29) is 18.1 Å². The Morgan fingerprint density at radius 3 is 2.55 bits per heavy atom. The van der Waals surface area contributed by atoms with E-state index in [1.807, 2.05) is 38.1 Å². The zero-order valence-corrected chi connectivity index (χ0v) is 12.1. The third-order valence-corrected chi connectivity index (χ3v) is 4.62. The van der Waals surface area contributed by atoms with Crippen molar-refractivity contribution in [3.05, 3.63) is 29.8 Å². The zero-order valence-electron chi connectivity index (χ0n) is 12.1. The van der Waals surface area contributed by atoms with Gasteiger partial charge in [-0.05, 0) is 50.8 Å². The number of benzene rings is 1. The van der Waals surface area contributed by atoms with E-state index in [9.17, 15) is 4.79 Å². The minimum atomic E-state index is -0.560. The minimum absolute atomic E-state index is 0.0587. The fourth-order valence-electron chi connectivity index (χ4n) is 3.17. The van der Waals surface area contributed by atoms with Crippen LogP contribution in [0.2, 0.25) is 0 Å². The SMILES string of the molecule is CC(C)(C(=O)NC1CC2CCC1O2)c1ccc(N)cc1. The molecule has 1 aromatic carbocycles. The molecule has 2 aliphatic heterocycles. The number of nitrogen functional groups attached to an aromatic ring is 1. The Kier molecular flexibility index (Phi) is 3.21. The van der Waals surface area contributed by atoms with E-state index in [2.05, 4.69) is 5.32 Å². The van der Waals surface area contributed by atoms with Crippen LogP contribution in [0.15, 0.2) is 24.3 Å². The van der Waals surface area contributed by atoms with E-state index in [1.165, 1.54) is 0 Å². The van der Waals surface area contributed by atoms with Crippen LogP contribution in [-0.4, -0.2) is 24.2 Å². The Morgan fingerprint density at radius 1 is 1.30 bits per heavy atom. The van der Waals surface area contributed by atoms with Gasteiger partial charge in [0.15, 0.2) is 0 Å². The number of amides is 1. The van der Waals surface area contributed by atoms with Gasteiger partial charge in [0.1, 0.15) is 0 Å². The van der Waals surface area contributed by atoms with Crippen molar-refractivity contribution >= 4 is 11.6 Å². The van der Waals surface area contributed by atoms with Crippen LogP contribution < -0.4 is 11.1 Å². The minimum Gasteiger partial charge on any atom is -0.399 e. The summed E-state index contributed by atoms with van der Waals surface area (Å²) in [5.41, 5.74) is 6.84. The first-order valence-electron chi connectivity index (χ1n) is 7.29. The van der Waals surface area contributed by atoms with Crippen LogP contribution in [0.5, 0.6) is 0 Å². The lowest BCUT2D eigenvalue weighted by atomic mass is 9.83. The molecule has 4 heteroatoms. The predicted molar refractivity (Wildman–Crippen MR) is 78.3 cm³/mol. The highest BCUT2D eigenvalue weighted by atomic mass is 16.5. The van der Waals surface area contributed by atoms with Crippen LogP contribution in [0.4, 0.5) is 5.69 Å². The molecule has 2 heterocycles. The fraction of sp³-hybridized carbons (Fsp3) is 0.562. The summed E-state index contributed by atoms with van der Waals surface area (Å²) in [7, 11) is 0. The molecule has 0 radical (unpaired) electrons. The number of ether oxygens (including phenoxy) is 1. The molecule has 2 bridgehead atoms. The Balaban J connectivity index is 1.70. The second-order valence-corrected chi connectivity index (χ2v) is 6.44. The van der Waals surface area contributed by atoms with Gasteiger partial charge >= 0.3 is 0 Å². The van der Waals surface area contributed by atoms with E-state index in [1.54, 1.807) is 0 Å². The molecule has 0 aliphatic carbocycles. The molecular formula is C16H22N2O2. The van der Waals surface area contributed by atoms with Crippen molar-refractivity contribution in [2.24, 2.45) is 0 Å². The lowest BCUT2D eigenvalue weighted by Gasteiger charge is -2.28. The molecule has 2 aliphatic rings. The van der Waals surface area contributed by atoms with Gasteiger partial charge in [0, 0.05) is 5.69 Å². The molecule has 0 saturated carbocycles. The third-order valence-electron chi connectivity index (χ3n) is 4.62. The highest BCUT2D eigenvalue weighted by molar-refractivity contribution is 5.87.